The monoisotopic (exact) mass is 414 g/mol. The van der Waals surface area contributed by atoms with Gasteiger partial charge in [-0.1, -0.05) is 24.3 Å². The van der Waals surface area contributed by atoms with Crippen molar-refractivity contribution in [2.75, 3.05) is 4.72 Å². The van der Waals surface area contributed by atoms with Crippen LogP contribution in [0.4, 0.5) is 10.8 Å². The highest BCUT2D eigenvalue weighted by atomic mass is 32.2. The molecule has 2 N–H and O–H groups in total. The Hall–Kier alpha value is -3.24. The second-order valence-electron chi connectivity index (χ2n) is 6.07. The van der Waals surface area contributed by atoms with Crippen molar-refractivity contribution in [2.24, 2.45) is 0 Å². The van der Waals surface area contributed by atoms with Gasteiger partial charge in [0, 0.05) is 39.7 Å². The van der Waals surface area contributed by atoms with E-state index < -0.39 is 14.9 Å². The van der Waals surface area contributed by atoms with Crippen LogP contribution in [0.3, 0.4) is 0 Å². The predicted molar refractivity (Wildman–Crippen MR) is 108 cm³/mol. The molecule has 0 fully saturated rings. The maximum Gasteiger partial charge on any atom is 0.270 e. The van der Waals surface area contributed by atoms with E-state index in [9.17, 15) is 18.5 Å². The third kappa shape index (κ3) is 3.23. The lowest BCUT2D eigenvalue weighted by Crippen LogP contribution is -2.13. The Morgan fingerprint density at radius 2 is 1.96 bits per heavy atom. The number of hydrogen-bond donors (Lipinski definition) is 2. The van der Waals surface area contributed by atoms with Crippen LogP contribution in [-0.4, -0.2) is 23.3 Å². The van der Waals surface area contributed by atoms with Gasteiger partial charge in [0.05, 0.1) is 15.5 Å². The van der Waals surface area contributed by atoms with E-state index in [-0.39, 0.29) is 15.7 Å². The lowest BCUT2D eigenvalue weighted by Gasteiger charge is -2.04. The lowest BCUT2D eigenvalue weighted by atomic mass is 10.1. The van der Waals surface area contributed by atoms with E-state index in [1.165, 1.54) is 18.2 Å². The molecule has 4 aromatic rings. The van der Waals surface area contributed by atoms with Crippen LogP contribution < -0.4 is 4.72 Å². The Labute approximate surface area is 164 Å². The van der Waals surface area contributed by atoms with Gasteiger partial charge in [-0.15, -0.1) is 11.3 Å². The highest BCUT2D eigenvalue weighted by Crippen LogP contribution is 2.34. The van der Waals surface area contributed by atoms with Crippen molar-refractivity contribution in [1.82, 2.24) is 9.97 Å². The molecule has 10 heteroatoms. The number of fused-ring (bicyclic) bond motifs is 1. The summed E-state index contributed by atoms with van der Waals surface area (Å²) in [5.41, 5.74) is 3.17. The summed E-state index contributed by atoms with van der Waals surface area (Å²) in [5.74, 6) is 0. The Bertz CT molecular complexity index is 1310. The number of para-hydroxylation sites is 1. The molecule has 0 amide bonds. The van der Waals surface area contributed by atoms with Crippen molar-refractivity contribution in [2.45, 2.75) is 11.8 Å². The minimum Gasteiger partial charge on any atom is -0.358 e. The lowest BCUT2D eigenvalue weighted by molar-refractivity contribution is -0.385. The molecule has 0 bridgehead atoms. The van der Waals surface area contributed by atoms with Crippen LogP contribution in [0, 0.1) is 17.0 Å². The van der Waals surface area contributed by atoms with Crippen LogP contribution in [0.15, 0.2) is 58.8 Å². The van der Waals surface area contributed by atoms with Gasteiger partial charge in [-0.25, -0.2) is 13.4 Å². The average Bonchev–Trinajstić information content (AvgIpc) is 3.24. The van der Waals surface area contributed by atoms with E-state index in [0.717, 1.165) is 39.6 Å². The maximum absolute atomic E-state index is 12.6. The fourth-order valence-corrected chi connectivity index (χ4v) is 4.97. The first kappa shape index (κ1) is 18.1. The first-order valence-electron chi connectivity index (χ1n) is 8.15. The van der Waals surface area contributed by atoms with E-state index >= 15 is 0 Å². The molecule has 0 aliphatic carbocycles. The minimum atomic E-state index is -3.99. The van der Waals surface area contributed by atoms with Crippen molar-refractivity contribution in [3.8, 4) is 11.3 Å². The largest absolute Gasteiger partial charge is 0.358 e. The number of sulfonamides is 1. The summed E-state index contributed by atoms with van der Waals surface area (Å²) in [5, 5.41) is 13.8. The molecule has 28 heavy (non-hydrogen) atoms. The molecule has 0 aliphatic heterocycles. The van der Waals surface area contributed by atoms with Crippen LogP contribution in [0.25, 0.3) is 22.2 Å². The molecule has 8 nitrogen and oxygen atoms in total. The van der Waals surface area contributed by atoms with E-state index in [4.69, 9.17) is 0 Å². The third-order valence-corrected chi connectivity index (χ3v) is 6.44. The van der Waals surface area contributed by atoms with Crippen LogP contribution in [0.1, 0.15) is 5.69 Å². The zero-order chi connectivity index (χ0) is 19.9. The van der Waals surface area contributed by atoms with Gasteiger partial charge in [-0.05, 0) is 19.1 Å². The highest BCUT2D eigenvalue weighted by molar-refractivity contribution is 7.93. The predicted octanol–water partition coefficient (Wildman–Crippen LogP) is 4.31. The molecule has 4 rings (SSSR count). The maximum atomic E-state index is 12.6. The van der Waals surface area contributed by atoms with Crippen LogP contribution >= 0.6 is 11.3 Å². The van der Waals surface area contributed by atoms with Gasteiger partial charge in [0.15, 0.2) is 5.13 Å². The average molecular weight is 414 g/mol. The summed E-state index contributed by atoms with van der Waals surface area (Å²) in [4.78, 5) is 17.8. The summed E-state index contributed by atoms with van der Waals surface area (Å²) in [7, 11) is -3.99. The van der Waals surface area contributed by atoms with Crippen LogP contribution in [0.2, 0.25) is 0 Å². The molecule has 2 aromatic heterocycles. The third-order valence-electron chi connectivity index (χ3n) is 4.21. The first-order chi connectivity index (χ1) is 13.3. The Morgan fingerprint density at radius 1 is 1.18 bits per heavy atom. The topological polar surface area (TPSA) is 118 Å². The summed E-state index contributed by atoms with van der Waals surface area (Å²) in [6, 6.07) is 12.7. The number of aryl methyl sites for hydroxylation is 1. The van der Waals surface area contributed by atoms with Crippen molar-refractivity contribution in [3.63, 3.8) is 0 Å². The Morgan fingerprint density at radius 3 is 2.75 bits per heavy atom. The number of aromatic amines is 1. The Kier molecular flexibility index (Phi) is 4.36. The molecular weight excluding hydrogens is 400 g/mol. The summed E-state index contributed by atoms with van der Waals surface area (Å²) < 4.78 is 27.6. The first-order valence-corrected chi connectivity index (χ1v) is 10.5. The fourth-order valence-electron chi connectivity index (χ4n) is 2.98. The Balaban J connectivity index is 1.67. The minimum absolute atomic E-state index is 0.186. The van der Waals surface area contributed by atoms with Crippen molar-refractivity contribution in [1.29, 1.82) is 0 Å². The molecule has 0 saturated heterocycles. The van der Waals surface area contributed by atoms with Gasteiger partial charge >= 0.3 is 0 Å². The quantitative estimate of drug-likeness (QED) is 0.373. The molecule has 142 valence electrons. The zero-order valence-electron chi connectivity index (χ0n) is 14.5. The molecule has 0 atom stereocenters. The second kappa shape index (κ2) is 6.73. The molecule has 0 saturated carbocycles. The second-order valence-corrected chi connectivity index (χ2v) is 8.61. The van der Waals surface area contributed by atoms with Gasteiger partial charge in [-0.2, -0.15) is 0 Å². The van der Waals surface area contributed by atoms with Gasteiger partial charge in [-0.3, -0.25) is 14.8 Å². The smallest absolute Gasteiger partial charge is 0.270 e. The zero-order valence-corrected chi connectivity index (χ0v) is 16.2. The van der Waals surface area contributed by atoms with Crippen LogP contribution in [-0.2, 0) is 10.0 Å². The van der Waals surface area contributed by atoms with E-state index in [2.05, 4.69) is 14.7 Å². The van der Waals surface area contributed by atoms with E-state index in [0.29, 0.717) is 5.69 Å². The number of rotatable bonds is 5. The molecule has 0 spiro atoms. The van der Waals surface area contributed by atoms with E-state index in [1.54, 1.807) is 5.38 Å². The number of aromatic nitrogens is 2. The highest BCUT2D eigenvalue weighted by Gasteiger charge is 2.20. The number of nitro groups is 1. The number of benzene rings is 2. The number of nitrogens with one attached hydrogen (secondary N) is 2. The van der Waals surface area contributed by atoms with Gasteiger partial charge in [0.2, 0.25) is 0 Å². The molecule has 2 aromatic carbocycles. The van der Waals surface area contributed by atoms with Crippen molar-refractivity contribution >= 4 is 43.1 Å². The van der Waals surface area contributed by atoms with Crippen molar-refractivity contribution < 1.29 is 13.3 Å². The standard InChI is InChI=1S/C18H14N4O4S2/c1-11-17(14-7-2-3-8-15(14)19-11)16-10-27-18(20-16)21-28(25,26)13-6-4-5-12(9-13)22(23)24/h2-10,19H,1H3,(H,20,21). The normalized spacial score (nSPS) is 11.6. The van der Waals surface area contributed by atoms with Gasteiger partial charge < -0.3 is 4.98 Å². The van der Waals surface area contributed by atoms with E-state index in [1.807, 2.05) is 31.2 Å². The van der Waals surface area contributed by atoms with Gasteiger partial charge in [0.25, 0.3) is 15.7 Å². The molecule has 0 unspecified atom stereocenters. The number of H-pyrrole nitrogens is 1. The van der Waals surface area contributed by atoms with Gasteiger partial charge in [0.1, 0.15) is 0 Å². The summed E-state index contributed by atoms with van der Waals surface area (Å²) in [6.45, 7) is 1.93. The fraction of sp³-hybridized carbons (Fsp3) is 0.0556. The molecule has 0 radical (unpaired) electrons. The number of hydrogen-bond acceptors (Lipinski definition) is 6. The van der Waals surface area contributed by atoms with Crippen LogP contribution in [0.5, 0.6) is 0 Å². The summed E-state index contributed by atoms with van der Waals surface area (Å²) in [6.07, 6.45) is 0. The molecule has 0 aliphatic rings. The molecular formula is C18H14N4O4S2. The molecule has 2 heterocycles. The van der Waals surface area contributed by atoms with Crippen molar-refractivity contribution in [3.05, 3.63) is 69.7 Å². The SMILES string of the molecule is Cc1[nH]c2ccccc2c1-c1csc(NS(=O)(=O)c2cccc([N+](=O)[O-])c2)n1. The number of anilines is 1. The number of nitrogens with zero attached hydrogens (tertiary/aromatic N) is 2. The number of nitro benzene ring substituents is 1. The summed E-state index contributed by atoms with van der Waals surface area (Å²) >= 11 is 1.15. The number of thiazole rings is 1. The number of non-ortho nitro benzene ring substituents is 1.